The van der Waals surface area contributed by atoms with Gasteiger partial charge in [0.2, 0.25) is 0 Å². The van der Waals surface area contributed by atoms with Crippen LogP contribution >= 0.6 is 0 Å². The highest BCUT2D eigenvalue weighted by atomic mass is 16.1. The molecule has 82 valence electrons. The molecule has 1 amide bonds. The highest BCUT2D eigenvalue weighted by Gasteiger charge is 2.09. The molecule has 1 N–H and O–H groups in total. The van der Waals surface area contributed by atoms with Crippen molar-refractivity contribution in [2.75, 3.05) is 6.54 Å². The highest BCUT2D eigenvalue weighted by molar-refractivity contribution is 5.95. The molecule has 1 rings (SSSR count). The lowest BCUT2D eigenvalue weighted by Gasteiger charge is -2.09. The van der Waals surface area contributed by atoms with Crippen LogP contribution in [0, 0.1) is 20.8 Å². The fourth-order valence-corrected chi connectivity index (χ4v) is 1.54. The molecule has 2 nitrogen and oxygen atoms in total. The minimum atomic E-state index is 0.0393. The molecule has 0 aliphatic carbocycles. The predicted octanol–water partition coefficient (Wildman–Crippen LogP) is 2.75. The molecular formula is C13H19NO. The standard InChI is InChI=1S/C13H19NO/c1-5-6-14-13(15)12-8-10(3)9(2)7-11(12)4/h7-8H,5-6H2,1-4H3,(H,14,15). The number of hydrogen-bond acceptors (Lipinski definition) is 1. The quantitative estimate of drug-likeness (QED) is 0.807. The zero-order chi connectivity index (χ0) is 11.4. The van der Waals surface area contributed by atoms with Gasteiger partial charge in [-0.2, -0.15) is 0 Å². The Morgan fingerprint density at radius 2 is 1.73 bits per heavy atom. The number of benzene rings is 1. The molecule has 0 aliphatic rings. The Morgan fingerprint density at radius 1 is 1.13 bits per heavy atom. The van der Waals surface area contributed by atoms with E-state index >= 15 is 0 Å². The summed E-state index contributed by atoms with van der Waals surface area (Å²) in [6.45, 7) is 8.87. The summed E-state index contributed by atoms with van der Waals surface area (Å²) < 4.78 is 0. The molecule has 15 heavy (non-hydrogen) atoms. The third-order valence-electron chi connectivity index (χ3n) is 2.62. The number of carbonyl (C=O) groups excluding carboxylic acids is 1. The SMILES string of the molecule is CCCNC(=O)c1cc(C)c(C)cc1C. The van der Waals surface area contributed by atoms with Crippen molar-refractivity contribution in [2.24, 2.45) is 0 Å². The van der Waals surface area contributed by atoms with E-state index in [9.17, 15) is 4.79 Å². The van der Waals surface area contributed by atoms with Crippen LogP contribution in [0.5, 0.6) is 0 Å². The van der Waals surface area contributed by atoms with E-state index in [-0.39, 0.29) is 5.91 Å². The molecule has 1 aromatic rings. The molecule has 0 fully saturated rings. The topological polar surface area (TPSA) is 29.1 Å². The summed E-state index contributed by atoms with van der Waals surface area (Å²) in [5.41, 5.74) is 4.25. The van der Waals surface area contributed by atoms with Crippen LogP contribution in [-0.4, -0.2) is 12.5 Å². The van der Waals surface area contributed by atoms with Crippen LogP contribution in [0.1, 0.15) is 40.4 Å². The van der Waals surface area contributed by atoms with Crippen molar-refractivity contribution in [3.8, 4) is 0 Å². The van der Waals surface area contributed by atoms with Gasteiger partial charge in [0, 0.05) is 12.1 Å². The molecule has 0 radical (unpaired) electrons. The van der Waals surface area contributed by atoms with Crippen molar-refractivity contribution in [3.63, 3.8) is 0 Å². The Kier molecular flexibility index (Phi) is 3.89. The average Bonchev–Trinajstić information content (AvgIpc) is 2.20. The first-order valence-electron chi connectivity index (χ1n) is 5.42. The van der Waals surface area contributed by atoms with Gasteiger partial charge in [-0.1, -0.05) is 13.0 Å². The summed E-state index contributed by atoms with van der Waals surface area (Å²) in [6.07, 6.45) is 0.968. The van der Waals surface area contributed by atoms with Crippen LogP contribution in [-0.2, 0) is 0 Å². The lowest BCUT2D eigenvalue weighted by Crippen LogP contribution is -2.24. The molecule has 0 spiro atoms. The summed E-state index contributed by atoms with van der Waals surface area (Å²) in [4.78, 5) is 11.8. The number of hydrogen-bond donors (Lipinski definition) is 1. The summed E-state index contributed by atoms with van der Waals surface area (Å²) in [7, 11) is 0. The van der Waals surface area contributed by atoms with E-state index in [1.807, 2.05) is 26.8 Å². The van der Waals surface area contributed by atoms with E-state index in [1.54, 1.807) is 0 Å². The Bertz CT molecular complexity index is 369. The molecular weight excluding hydrogens is 186 g/mol. The van der Waals surface area contributed by atoms with Gasteiger partial charge in [0.05, 0.1) is 0 Å². The van der Waals surface area contributed by atoms with E-state index < -0.39 is 0 Å². The summed E-state index contributed by atoms with van der Waals surface area (Å²) in [5, 5.41) is 2.90. The average molecular weight is 205 g/mol. The number of aryl methyl sites for hydroxylation is 3. The van der Waals surface area contributed by atoms with Crippen LogP contribution in [0.3, 0.4) is 0 Å². The van der Waals surface area contributed by atoms with E-state index in [4.69, 9.17) is 0 Å². The first-order valence-corrected chi connectivity index (χ1v) is 5.42. The van der Waals surface area contributed by atoms with Crippen LogP contribution in [0.15, 0.2) is 12.1 Å². The maximum atomic E-state index is 11.8. The van der Waals surface area contributed by atoms with Gasteiger partial charge in [-0.15, -0.1) is 0 Å². The van der Waals surface area contributed by atoms with Gasteiger partial charge in [-0.25, -0.2) is 0 Å². The molecule has 2 heteroatoms. The molecule has 0 saturated carbocycles. The molecule has 0 bridgehead atoms. The van der Waals surface area contributed by atoms with E-state index in [1.165, 1.54) is 11.1 Å². The zero-order valence-electron chi connectivity index (χ0n) is 9.98. The summed E-state index contributed by atoms with van der Waals surface area (Å²) >= 11 is 0. The first-order chi connectivity index (χ1) is 7.06. The van der Waals surface area contributed by atoms with Gasteiger partial charge in [-0.05, 0) is 49.9 Å². The fourth-order valence-electron chi connectivity index (χ4n) is 1.54. The van der Waals surface area contributed by atoms with Crippen molar-refractivity contribution in [3.05, 3.63) is 34.4 Å². The molecule has 0 heterocycles. The van der Waals surface area contributed by atoms with Gasteiger partial charge in [0.1, 0.15) is 0 Å². The van der Waals surface area contributed by atoms with E-state index in [0.29, 0.717) is 0 Å². The van der Waals surface area contributed by atoms with E-state index in [2.05, 4.69) is 18.3 Å². The molecule has 0 aliphatic heterocycles. The number of rotatable bonds is 3. The lowest BCUT2D eigenvalue weighted by molar-refractivity contribution is 0.0953. The zero-order valence-corrected chi connectivity index (χ0v) is 9.98. The second-order valence-electron chi connectivity index (χ2n) is 4.01. The minimum absolute atomic E-state index is 0.0393. The molecule has 0 unspecified atom stereocenters. The largest absolute Gasteiger partial charge is 0.352 e. The number of carbonyl (C=O) groups is 1. The molecule has 1 aromatic carbocycles. The van der Waals surface area contributed by atoms with Crippen molar-refractivity contribution < 1.29 is 4.79 Å². The molecule has 0 saturated heterocycles. The third-order valence-corrected chi connectivity index (χ3v) is 2.62. The molecule has 0 aromatic heterocycles. The van der Waals surface area contributed by atoms with Crippen LogP contribution in [0.25, 0.3) is 0 Å². The number of nitrogens with one attached hydrogen (secondary N) is 1. The van der Waals surface area contributed by atoms with Crippen molar-refractivity contribution in [2.45, 2.75) is 34.1 Å². The van der Waals surface area contributed by atoms with Gasteiger partial charge in [0.15, 0.2) is 0 Å². The van der Waals surface area contributed by atoms with Crippen molar-refractivity contribution >= 4 is 5.91 Å². The van der Waals surface area contributed by atoms with Crippen molar-refractivity contribution in [1.82, 2.24) is 5.32 Å². The number of amides is 1. The second-order valence-corrected chi connectivity index (χ2v) is 4.01. The first kappa shape index (κ1) is 11.8. The van der Waals surface area contributed by atoms with Crippen LogP contribution in [0.4, 0.5) is 0 Å². The second kappa shape index (κ2) is 4.96. The van der Waals surface area contributed by atoms with Crippen molar-refractivity contribution in [1.29, 1.82) is 0 Å². The molecule has 0 atom stereocenters. The Labute approximate surface area is 91.7 Å². The van der Waals surface area contributed by atoms with Gasteiger partial charge < -0.3 is 5.32 Å². The minimum Gasteiger partial charge on any atom is -0.352 e. The summed E-state index contributed by atoms with van der Waals surface area (Å²) in [5.74, 6) is 0.0393. The maximum Gasteiger partial charge on any atom is 0.251 e. The Hall–Kier alpha value is -1.31. The predicted molar refractivity (Wildman–Crippen MR) is 63.3 cm³/mol. The summed E-state index contributed by atoms with van der Waals surface area (Å²) in [6, 6.07) is 4.03. The smallest absolute Gasteiger partial charge is 0.251 e. The van der Waals surface area contributed by atoms with E-state index in [0.717, 1.165) is 24.1 Å². The van der Waals surface area contributed by atoms with Crippen LogP contribution < -0.4 is 5.32 Å². The highest BCUT2D eigenvalue weighted by Crippen LogP contribution is 2.15. The van der Waals surface area contributed by atoms with Gasteiger partial charge >= 0.3 is 0 Å². The van der Waals surface area contributed by atoms with Gasteiger partial charge in [0.25, 0.3) is 5.91 Å². The third kappa shape index (κ3) is 2.82. The Balaban J connectivity index is 2.94. The van der Waals surface area contributed by atoms with Gasteiger partial charge in [-0.3, -0.25) is 4.79 Å². The fraction of sp³-hybridized carbons (Fsp3) is 0.462. The van der Waals surface area contributed by atoms with Crippen LogP contribution in [0.2, 0.25) is 0 Å². The normalized spacial score (nSPS) is 10.1. The monoisotopic (exact) mass is 205 g/mol. The lowest BCUT2D eigenvalue weighted by atomic mass is 10.0. The maximum absolute atomic E-state index is 11.8. The Morgan fingerprint density at radius 3 is 2.33 bits per heavy atom.